The zero-order valence-electron chi connectivity index (χ0n) is 7.92. The minimum Gasteiger partial charge on any atom is -0.677 e. The van der Waals surface area contributed by atoms with Crippen molar-refractivity contribution < 1.29 is 4.79 Å². The summed E-state index contributed by atoms with van der Waals surface area (Å²) in [6.07, 6.45) is 0.681. The van der Waals surface area contributed by atoms with Gasteiger partial charge in [-0.25, -0.2) is 0 Å². The van der Waals surface area contributed by atoms with Crippen LogP contribution >= 0.6 is 0 Å². The summed E-state index contributed by atoms with van der Waals surface area (Å²) in [6, 6.07) is 6.76. The van der Waals surface area contributed by atoms with Crippen LogP contribution in [-0.2, 0) is 0 Å². The third kappa shape index (κ3) is 3.06. The molecule has 1 rings (SSSR count). The van der Waals surface area contributed by atoms with Crippen molar-refractivity contribution in [2.45, 2.75) is 6.42 Å². The first-order valence-electron chi connectivity index (χ1n) is 4.52. The van der Waals surface area contributed by atoms with Crippen molar-refractivity contribution in [3.63, 3.8) is 0 Å². The van der Waals surface area contributed by atoms with E-state index in [2.05, 4.69) is 5.32 Å². The highest BCUT2D eigenvalue weighted by Crippen LogP contribution is 2.04. The van der Waals surface area contributed by atoms with Gasteiger partial charge in [0.1, 0.15) is 0 Å². The fourth-order valence-electron chi connectivity index (χ4n) is 1.03. The van der Waals surface area contributed by atoms with Crippen LogP contribution in [0.3, 0.4) is 0 Å². The van der Waals surface area contributed by atoms with Crippen LogP contribution in [0.1, 0.15) is 16.8 Å². The molecule has 0 fully saturated rings. The van der Waals surface area contributed by atoms with Gasteiger partial charge >= 0.3 is 0 Å². The molecule has 0 atom stereocenters. The highest BCUT2D eigenvalue weighted by molar-refractivity contribution is 5.94. The Morgan fingerprint density at radius 2 is 2.00 bits per heavy atom. The molecule has 0 saturated heterocycles. The molecule has 0 aliphatic heterocycles. The number of rotatable bonds is 4. The number of nitrogens with two attached hydrogens (primary N) is 1. The zero-order chi connectivity index (χ0) is 10.4. The molecule has 0 spiro atoms. The fourth-order valence-corrected chi connectivity index (χ4v) is 1.03. The molecular weight excluding hydrogens is 178 g/mol. The number of hydrogen-bond acceptors (Lipinski definition) is 2. The molecule has 0 aliphatic carbocycles. The van der Waals surface area contributed by atoms with Gasteiger partial charge in [0.05, 0.1) is 0 Å². The van der Waals surface area contributed by atoms with Crippen molar-refractivity contribution in [1.29, 1.82) is 0 Å². The van der Waals surface area contributed by atoms with E-state index in [-0.39, 0.29) is 5.91 Å². The summed E-state index contributed by atoms with van der Waals surface area (Å²) in [7, 11) is 0. The van der Waals surface area contributed by atoms with E-state index >= 15 is 0 Å². The number of anilines is 1. The summed E-state index contributed by atoms with van der Waals surface area (Å²) < 4.78 is 0. The maximum Gasteiger partial charge on any atom is 0.251 e. The molecule has 1 aromatic carbocycles. The van der Waals surface area contributed by atoms with Crippen LogP contribution in [0.2, 0.25) is 0 Å². The van der Waals surface area contributed by atoms with Crippen LogP contribution in [0, 0.1) is 0 Å². The average Bonchev–Trinajstić information content (AvgIpc) is 2.19. The van der Waals surface area contributed by atoms with E-state index in [0.29, 0.717) is 30.8 Å². The van der Waals surface area contributed by atoms with Crippen LogP contribution in [0.4, 0.5) is 5.69 Å². The average molecular weight is 192 g/mol. The van der Waals surface area contributed by atoms with Gasteiger partial charge in [-0.3, -0.25) is 4.79 Å². The second kappa shape index (κ2) is 5.24. The van der Waals surface area contributed by atoms with Crippen molar-refractivity contribution >= 4 is 11.6 Å². The van der Waals surface area contributed by atoms with Crippen molar-refractivity contribution in [3.8, 4) is 0 Å². The Labute approximate surface area is 83.3 Å². The zero-order valence-corrected chi connectivity index (χ0v) is 7.92. The summed E-state index contributed by atoms with van der Waals surface area (Å²) in [6.45, 7) is 0.884. The molecule has 4 N–H and O–H groups in total. The minimum atomic E-state index is -0.113. The first-order chi connectivity index (χ1) is 6.74. The Hall–Kier alpha value is -1.55. The Bertz CT molecular complexity index is 295. The highest BCUT2D eigenvalue weighted by atomic mass is 16.1. The van der Waals surface area contributed by atoms with Gasteiger partial charge in [0, 0.05) is 17.8 Å². The van der Waals surface area contributed by atoms with Crippen LogP contribution in [-0.4, -0.2) is 19.0 Å². The Kier molecular flexibility index (Phi) is 3.94. The van der Waals surface area contributed by atoms with Crippen molar-refractivity contribution in [2.24, 2.45) is 0 Å². The van der Waals surface area contributed by atoms with Gasteiger partial charge < -0.3 is 16.8 Å². The molecular formula is C10H14N3O-. The first-order valence-corrected chi connectivity index (χ1v) is 4.52. The maximum atomic E-state index is 11.4. The third-order valence-electron chi connectivity index (χ3n) is 1.81. The summed E-state index contributed by atoms with van der Waals surface area (Å²) in [5.41, 5.74) is 13.7. The largest absolute Gasteiger partial charge is 0.677 e. The van der Waals surface area contributed by atoms with Gasteiger partial charge in [0.25, 0.3) is 5.91 Å². The lowest BCUT2D eigenvalue weighted by Crippen LogP contribution is -2.24. The monoisotopic (exact) mass is 192 g/mol. The van der Waals surface area contributed by atoms with Crippen molar-refractivity contribution in [1.82, 2.24) is 5.32 Å². The fraction of sp³-hybridized carbons (Fsp3) is 0.300. The molecule has 76 valence electrons. The van der Waals surface area contributed by atoms with Gasteiger partial charge in [0.15, 0.2) is 0 Å². The molecule has 14 heavy (non-hydrogen) atoms. The second-order valence-electron chi connectivity index (χ2n) is 2.98. The summed E-state index contributed by atoms with van der Waals surface area (Å²) in [4.78, 5) is 11.4. The van der Waals surface area contributed by atoms with E-state index in [9.17, 15) is 4.79 Å². The molecule has 1 aromatic rings. The maximum absolute atomic E-state index is 11.4. The molecule has 0 unspecified atom stereocenters. The van der Waals surface area contributed by atoms with E-state index in [4.69, 9.17) is 11.5 Å². The van der Waals surface area contributed by atoms with Crippen LogP contribution in [0.15, 0.2) is 24.3 Å². The number of amides is 1. The predicted molar refractivity (Wildman–Crippen MR) is 57.0 cm³/mol. The second-order valence-corrected chi connectivity index (χ2v) is 2.98. The number of carbonyl (C=O) groups excluding carboxylic acids is 1. The molecule has 0 saturated carbocycles. The Balaban J connectivity index is 2.48. The van der Waals surface area contributed by atoms with Crippen LogP contribution in [0.25, 0.3) is 5.73 Å². The summed E-state index contributed by atoms with van der Waals surface area (Å²) in [5.74, 6) is -0.113. The molecule has 1 amide bonds. The minimum absolute atomic E-state index is 0.113. The normalized spacial score (nSPS) is 9.79. The SMILES string of the molecule is [NH-]CCCNC(=O)c1ccc(N)cc1. The lowest BCUT2D eigenvalue weighted by molar-refractivity contribution is 0.0953. The van der Waals surface area contributed by atoms with Crippen molar-refractivity contribution in [2.75, 3.05) is 18.8 Å². The smallest absolute Gasteiger partial charge is 0.251 e. The molecule has 4 heteroatoms. The molecule has 0 aliphatic rings. The van der Waals surface area contributed by atoms with Crippen molar-refractivity contribution in [3.05, 3.63) is 35.6 Å². The molecule has 0 aromatic heterocycles. The third-order valence-corrected chi connectivity index (χ3v) is 1.81. The van der Waals surface area contributed by atoms with E-state index in [1.54, 1.807) is 24.3 Å². The van der Waals surface area contributed by atoms with Gasteiger partial charge in [-0.1, -0.05) is 6.42 Å². The summed E-state index contributed by atoms with van der Waals surface area (Å²) in [5, 5.41) is 2.72. The van der Waals surface area contributed by atoms with Gasteiger partial charge in [0.2, 0.25) is 0 Å². The predicted octanol–water partition coefficient (Wildman–Crippen LogP) is 1.44. The van der Waals surface area contributed by atoms with E-state index in [0.717, 1.165) is 0 Å². The standard InChI is InChI=1S/C10H14N3O/c11-6-1-7-13-10(14)8-2-4-9(12)5-3-8/h2-5,11H,1,6-7,12H2,(H,13,14)/q-1. The van der Waals surface area contributed by atoms with E-state index in [1.807, 2.05) is 0 Å². The topological polar surface area (TPSA) is 78.9 Å². The van der Waals surface area contributed by atoms with Gasteiger partial charge in [-0.15, -0.1) is 6.54 Å². The van der Waals surface area contributed by atoms with Gasteiger partial charge in [-0.2, -0.15) is 0 Å². The number of nitrogens with one attached hydrogen (secondary N) is 2. The van der Waals surface area contributed by atoms with Gasteiger partial charge in [-0.05, 0) is 24.3 Å². The number of nitrogen functional groups attached to an aromatic ring is 1. The molecule has 0 heterocycles. The number of benzene rings is 1. The highest BCUT2D eigenvalue weighted by Gasteiger charge is 2.02. The number of hydrogen-bond donors (Lipinski definition) is 2. The van der Waals surface area contributed by atoms with Crippen LogP contribution in [0.5, 0.6) is 0 Å². The Morgan fingerprint density at radius 3 is 2.57 bits per heavy atom. The van der Waals surface area contributed by atoms with E-state index < -0.39 is 0 Å². The quantitative estimate of drug-likeness (QED) is 0.559. The summed E-state index contributed by atoms with van der Waals surface area (Å²) >= 11 is 0. The van der Waals surface area contributed by atoms with E-state index in [1.165, 1.54) is 0 Å². The van der Waals surface area contributed by atoms with Crippen LogP contribution < -0.4 is 11.1 Å². The molecule has 4 nitrogen and oxygen atoms in total. The molecule has 0 radical (unpaired) electrons. The lowest BCUT2D eigenvalue weighted by atomic mass is 10.2. The Morgan fingerprint density at radius 1 is 1.36 bits per heavy atom. The first kappa shape index (κ1) is 10.5. The lowest BCUT2D eigenvalue weighted by Gasteiger charge is -2.05. The number of carbonyl (C=O) groups is 1. The molecule has 0 bridgehead atoms.